The smallest absolute Gasteiger partial charge is 0.281 e. The molecule has 2 heterocycles. The molecule has 0 saturated carbocycles. The molecule has 0 atom stereocenters. The zero-order valence-electron chi connectivity index (χ0n) is 11.4. The van der Waals surface area contributed by atoms with Crippen molar-refractivity contribution in [2.75, 3.05) is 46.8 Å². The molecule has 8 heteroatoms. The maximum Gasteiger partial charge on any atom is 0.281 e. The van der Waals surface area contributed by atoms with E-state index in [9.17, 15) is 8.42 Å². The van der Waals surface area contributed by atoms with Crippen LogP contribution in [0, 0.1) is 0 Å². The normalized spacial score (nSPS) is 19.1. The van der Waals surface area contributed by atoms with Crippen LogP contribution in [0.3, 0.4) is 0 Å². The van der Waals surface area contributed by atoms with Crippen LogP contribution >= 0.6 is 0 Å². The van der Waals surface area contributed by atoms with Crippen LogP contribution in [0.25, 0.3) is 0 Å². The average Bonchev–Trinajstić information content (AvgIpc) is 2.90. The van der Waals surface area contributed by atoms with E-state index in [0.717, 1.165) is 26.2 Å². The van der Waals surface area contributed by atoms with Gasteiger partial charge in [-0.3, -0.25) is 9.58 Å². The van der Waals surface area contributed by atoms with Crippen molar-refractivity contribution in [1.29, 1.82) is 0 Å². The molecule has 0 spiro atoms. The number of piperazine rings is 1. The molecule has 0 radical (unpaired) electrons. The second-order valence-electron chi connectivity index (χ2n) is 4.80. The molecule has 1 aromatic rings. The summed E-state index contributed by atoms with van der Waals surface area (Å²) >= 11 is 0. The van der Waals surface area contributed by atoms with Crippen LogP contribution in [0.4, 0.5) is 0 Å². The molecule has 0 aliphatic carbocycles. The van der Waals surface area contributed by atoms with Gasteiger partial charge in [0.15, 0.2) is 0 Å². The lowest BCUT2D eigenvalue weighted by molar-refractivity contribution is 0.177. The molecule has 0 bridgehead atoms. The van der Waals surface area contributed by atoms with Gasteiger partial charge in [-0.2, -0.15) is 22.1 Å². The quantitative estimate of drug-likeness (QED) is 0.719. The van der Waals surface area contributed by atoms with Gasteiger partial charge in [0.1, 0.15) is 0 Å². The summed E-state index contributed by atoms with van der Waals surface area (Å²) in [6.45, 7) is 4.40. The largest absolute Gasteiger partial charge is 0.299 e. The molecular weight excluding hydrogens is 266 g/mol. The Kier molecular flexibility index (Phi) is 4.56. The Morgan fingerprint density at radius 1 is 1.16 bits per heavy atom. The fourth-order valence-corrected chi connectivity index (χ4v) is 3.18. The topological polar surface area (TPSA) is 61.7 Å². The van der Waals surface area contributed by atoms with E-state index in [-0.39, 0.29) is 0 Å². The summed E-state index contributed by atoms with van der Waals surface area (Å²) in [5, 5.41) is 4.16. The summed E-state index contributed by atoms with van der Waals surface area (Å²) < 4.78 is 28.6. The van der Waals surface area contributed by atoms with E-state index >= 15 is 0 Å². The van der Waals surface area contributed by atoms with Crippen molar-refractivity contribution in [3.8, 4) is 0 Å². The summed E-state index contributed by atoms with van der Waals surface area (Å²) in [6.07, 6.45) is 3.70. The lowest BCUT2D eigenvalue weighted by Gasteiger charge is -2.35. The number of aromatic nitrogens is 2. The summed E-state index contributed by atoms with van der Waals surface area (Å²) in [7, 11) is -0.121. The Balaban J connectivity index is 1.79. The minimum atomic E-state index is -3.26. The van der Waals surface area contributed by atoms with E-state index in [0.29, 0.717) is 13.1 Å². The third-order valence-electron chi connectivity index (χ3n) is 3.32. The van der Waals surface area contributed by atoms with Gasteiger partial charge in [0.2, 0.25) is 0 Å². The lowest BCUT2D eigenvalue weighted by Crippen LogP contribution is -2.52. The summed E-state index contributed by atoms with van der Waals surface area (Å²) in [5.74, 6) is 0. The van der Waals surface area contributed by atoms with Gasteiger partial charge in [0.05, 0.1) is 6.54 Å². The van der Waals surface area contributed by atoms with E-state index in [4.69, 9.17) is 0 Å². The highest BCUT2D eigenvalue weighted by molar-refractivity contribution is 7.86. The number of hydrogen-bond donors (Lipinski definition) is 0. The maximum absolute atomic E-state index is 12.0. The van der Waals surface area contributed by atoms with E-state index in [1.807, 2.05) is 16.9 Å². The highest BCUT2D eigenvalue weighted by atomic mass is 32.2. The standard InChI is InChI=1S/C11H21N5O2S/c1-13(2)19(17,18)16-10-7-14(8-11-16)6-9-15-5-3-4-12-15/h3-5H,6-11H2,1-2H3. The first-order chi connectivity index (χ1) is 9.00. The molecule has 1 aromatic heterocycles. The lowest BCUT2D eigenvalue weighted by atomic mass is 10.3. The molecule has 0 aromatic carbocycles. The van der Waals surface area contributed by atoms with Crippen molar-refractivity contribution < 1.29 is 8.42 Å². The highest BCUT2D eigenvalue weighted by Gasteiger charge is 2.28. The van der Waals surface area contributed by atoms with E-state index in [1.165, 1.54) is 8.61 Å². The maximum atomic E-state index is 12.0. The Bertz CT molecular complexity index is 477. The molecule has 1 fully saturated rings. The summed E-state index contributed by atoms with van der Waals surface area (Å²) in [4.78, 5) is 2.27. The second-order valence-corrected chi connectivity index (χ2v) is 6.94. The van der Waals surface area contributed by atoms with Crippen molar-refractivity contribution in [1.82, 2.24) is 23.3 Å². The number of rotatable bonds is 5. The number of nitrogens with zero attached hydrogens (tertiary/aromatic N) is 5. The number of hydrogen-bond acceptors (Lipinski definition) is 4. The van der Waals surface area contributed by atoms with Gasteiger partial charge in [-0.15, -0.1) is 0 Å². The average molecular weight is 287 g/mol. The minimum absolute atomic E-state index is 0.555. The highest BCUT2D eigenvalue weighted by Crippen LogP contribution is 2.09. The Morgan fingerprint density at radius 2 is 1.84 bits per heavy atom. The molecule has 108 valence electrons. The molecule has 19 heavy (non-hydrogen) atoms. The van der Waals surface area contributed by atoms with Crippen LogP contribution in [0.15, 0.2) is 18.5 Å². The zero-order chi connectivity index (χ0) is 13.9. The Labute approximate surface area is 114 Å². The molecule has 1 saturated heterocycles. The van der Waals surface area contributed by atoms with Crippen molar-refractivity contribution in [3.63, 3.8) is 0 Å². The van der Waals surface area contributed by atoms with Crippen LogP contribution < -0.4 is 0 Å². The summed E-state index contributed by atoms with van der Waals surface area (Å²) in [6, 6.07) is 1.90. The van der Waals surface area contributed by atoms with Gasteiger partial charge < -0.3 is 0 Å². The molecule has 1 aliphatic heterocycles. The molecule has 0 N–H and O–H groups in total. The van der Waals surface area contributed by atoms with Crippen molar-refractivity contribution in [3.05, 3.63) is 18.5 Å². The molecule has 0 unspecified atom stereocenters. The predicted octanol–water partition coefficient (Wildman–Crippen LogP) is -0.693. The van der Waals surface area contributed by atoms with Crippen LogP contribution in [0.1, 0.15) is 0 Å². The molecule has 2 rings (SSSR count). The van der Waals surface area contributed by atoms with Gasteiger partial charge in [-0.05, 0) is 6.07 Å². The third-order valence-corrected chi connectivity index (χ3v) is 5.26. The predicted molar refractivity (Wildman–Crippen MR) is 72.8 cm³/mol. The van der Waals surface area contributed by atoms with Crippen molar-refractivity contribution in [2.24, 2.45) is 0 Å². The van der Waals surface area contributed by atoms with Crippen LogP contribution in [0.2, 0.25) is 0 Å². The molecular formula is C11H21N5O2S. The first-order valence-electron chi connectivity index (χ1n) is 6.37. The Hall–Kier alpha value is -0.960. The van der Waals surface area contributed by atoms with E-state index in [2.05, 4.69) is 10.00 Å². The van der Waals surface area contributed by atoms with Gasteiger partial charge in [0, 0.05) is 59.2 Å². The van der Waals surface area contributed by atoms with Crippen molar-refractivity contribution in [2.45, 2.75) is 6.54 Å². The molecule has 0 amide bonds. The SMILES string of the molecule is CN(C)S(=O)(=O)N1CCN(CCn2cccn2)CC1. The van der Waals surface area contributed by atoms with Gasteiger partial charge >= 0.3 is 0 Å². The monoisotopic (exact) mass is 287 g/mol. The molecule has 7 nitrogen and oxygen atoms in total. The van der Waals surface area contributed by atoms with E-state index < -0.39 is 10.2 Å². The second kappa shape index (κ2) is 6.00. The van der Waals surface area contributed by atoms with Crippen LogP contribution in [-0.4, -0.2) is 78.5 Å². The van der Waals surface area contributed by atoms with Gasteiger partial charge in [0.25, 0.3) is 10.2 Å². The fraction of sp³-hybridized carbons (Fsp3) is 0.727. The first-order valence-corrected chi connectivity index (χ1v) is 7.77. The Morgan fingerprint density at radius 3 is 2.37 bits per heavy atom. The van der Waals surface area contributed by atoms with Gasteiger partial charge in [-0.25, -0.2) is 0 Å². The minimum Gasteiger partial charge on any atom is -0.299 e. The van der Waals surface area contributed by atoms with Gasteiger partial charge in [-0.1, -0.05) is 0 Å². The van der Waals surface area contributed by atoms with Crippen LogP contribution in [-0.2, 0) is 16.8 Å². The fourth-order valence-electron chi connectivity index (χ4n) is 2.09. The summed E-state index contributed by atoms with van der Waals surface area (Å²) in [5.41, 5.74) is 0. The zero-order valence-corrected chi connectivity index (χ0v) is 12.3. The van der Waals surface area contributed by atoms with Crippen molar-refractivity contribution >= 4 is 10.2 Å². The van der Waals surface area contributed by atoms with E-state index in [1.54, 1.807) is 20.3 Å². The third kappa shape index (κ3) is 3.53. The first kappa shape index (κ1) is 14.4. The van der Waals surface area contributed by atoms with Crippen LogP contribution in [0.5, 0.6) is 0 Å². The molecule has 1 aliphatic rings.